The molecule has 1 N–H and O–H groups in total. The number of hydrogen-bond acceptors (Lipinski definition) is 7. The van der Waals surface area contributed by atoms with Gasteiger partial charge in [0.15, 0.2) is 0 Å². The molecule has 1 aromatic carbocycles. The minimum Gasteiger partial charge on any atom is -0.497 e. The molecule has 1 fully saturated rings. The van der Waals surface area contributed by atoms with Crippen LogP contribution in [0.2, 0.25) is 0 Å². The van der Waals surface area contributed by atoms with Gasteiger partial charge in [-0.1, -0.05) is 32.6 Å². The number of β-amino-alcohol motifs (C(OH)–C–C–N with tert-alkyl or cyclic N) is 1. The molecule has 1 aliphatic heterocycles. The number of esters is 1. The van der Waals surface area contributed by atoms with E-state index in [0.717, 1.165) is 54.8 Å². The van der Waals surface area contributed by atoms with Gasteiger partial charge in [-0.25, -0.2) is 0 Å². The molecule has 0 spiro atoms. The Morgan fingerprint density at radius 2 is 2.00 bits per heavy atom. The van der Waals surface area contributed by atoms with Gasteiger partial charge < -0.3 is 14.6 Å². The zero-order chi connectivity index (χ0) is 24.3. The van der Waals surface area contributed by atoms with Crippen molar-refractivity contribution in [2.24, 2.45) is 0 Å². The van der Waals surface area contributed by atoms with Crippen LogP contribution in [0.4, 0.5) is 0 Å². The number of carbonyl (C=O) groups is 1. The molecule has 1 aliphatic rings. The summed E-state index contributed by atoms with van der Waals surface area (Å²) >= 11 is 0. The van der Waals surface area contributed by atoms with Crippen LogP contribution in [0.5, 0.6) is 5.75 Å². The third-order valence-electron chi connectivity index (χ3n) is 6.72. The van der Waals surface area contributed by atoms with Gasteiger partial charge in [-0.2, -0.15) is 0 Å². The first-order valence-corrected chi connectivity index (χ1v) is 12.8. The summed E-state index contributed by atoms with van der Waals surface area (Å²) in [5, 5.41) is 12.1. The van der Waals surface area contributed by atoms with E-state index < -0.39 is 6.10 Å². The Bertz CT molecular complexity index is 907. The average Bonchev–Trinajstić information content (AvgIpc) is 2.84. The Hall–Kier alpha value is -2.22. The topological polar surface area (TPSA) is 75.1 Å². The number of aromatic nitrogens is 1. The van der Waals surface area contributed by atoms with Crippen molar-refractivity contribution in [3.05, 3.63) is 36.0 Å². The second-order valence-electron chi connectivity index (χ2n) is 9.17. The smallest absolute Gasteiger partial charge is 0.307 e. The minimum atomic E-state index is -0.651. The number of carbonyl (C=O) groups excluding carboxylic acids is 1. The van der Waals surface area contributed by atoms with E-state index in [0.29, 0.717) is 19.6 Å². The molecule has 1 unspecified atom stereocenters. The average molecular weight is 472 g/mol. The SMILES string of the molecule is CCCCCCCN1CCN(CC(O)c2ccnc3ccc(OC)cc23)C[C@H]1CC(=O)OCC. The van der Waals surface area contributed by atoms with Crippen molar-refractivity contribution in [1.29, 1.82) is 0 Å². The Morgan fingerprint density at radius 3 is 2.76 bits per heavy atom. The lowest BCUT2D eigenvalue weighted by molar-refractivity contribution is -0.145. The van der Waals surface area contributed by atoms with Gasteiger partial charge in [0.1, 0.15) is 5.75 Å². The summed E-state index contributed by atoms with van der Waals surface area (Å²) in [5.74, 6) is 0.606. The van der Waals surface area contributed by atoms with E-state index in [1.807, 2.05) is 31.2 Å². The highest BCUT2D eigenvalue weighted by Crippen LogP contribution is 2.28. The van der Waals surface area contributed by atoms with E-state index in [-0.39, 0.29) is 12.0 Å². The van der Waals surface area contributed by atoms with E-state index >= 15 is 0 Å². The fraction of sp³-hybridized carbons (Fsp3) is 0.630. The second kappa shape index (κ2) is 13.6. The molecule has 0 radical (unpaired) electrons. The molecular weight excluding hydrogens is 430 g/mol. The highest BCUT2D eigenvalue weighted by Gasteiger charge is 2.30. The van der Waals surface area contributed by atoms with Gasteiger partial charge in [0.25, 0.3) is 0 Å². The Balaban J connectivity index is 1.65. The Kier molecular flexibility index (Phi) is 10.6. The molecule has 1 aromatic heterocycles. The van der Waals surface area contributed by atoms with Crippen LogP contribution in [0, 0.1) is 0 Å². The van der Waals surface area contributed by atoms with Gasteiger partial charge in [-0.05, 0) is 49.7 Å². The number of piperazine rings is 1. The number of unbranched alkanes of at least 4 members (excludes halogenated alkanes) is 4. The Labute approximate surface area is 204 Å². The lowest BCUT2D eigenvalue weighted by atomic mass is 10.0. The first kappa shape index (κ1) is 26.4. The molecule has 188 valence electrons. The molecule has 7 nitrogen and oxygen atoms in total. The molecule has 34 heavy (non-hydrogen) atoms. The molecule has 3 rings (SSSR count). The zero-order valence-corrected chi connectivity index (χ0v) is 21.0. The lowest BCUT2D eigenvalue weighted by Crippen LogP contribution is -2.54. The number of aliphatic hydroxyl groups is 1. The number of hydrogen-bond donors (Lipinski definition) is 1. The molecule has 2 heterocycles. The molecule has 0 amide bonds. The van der Waals surface area contributed by atoms with Crippen LogP contribution in [0.1, 0.15) is 64.0 Å². The van der Waals surface area contributed by atoms with Gasteiger partial charge in [-0.3, -0.25) is 19.6 Å². The van der Waals surface area contributed by atoms with E-state index in [2.05, 4.69) is 21.7 Å². The van der Waals surface area contributed by atoms with Gasteiger partial charge >= 0.3 is 5.97 Å². The van der Waals surface area contributed by atoms with Crippen molar-refractivity contribution in [2.45, 2.75) is 64.5 Å². The molecular formula is C27H41N3O4. The van der Waals surface area contributed by atoms with Crippen molar-refractivity contribution >= 4 is 16.9 Å². The van der Waals surface area contributed by atoms with E-state index in [1.54, 1.807) is 13.3 Å². The van der Waals surface area contributed by atoms with Crippen LogP contribution in [0.3, 0.4) is 0 Å². The molecule has 2 atom stereocenters. The number of pyridine rings is 1. The summed E-state index contributed by atoms with van der Waals surface area (Å²) < 4.78 is 10.6. The van der Waals surface area contributed by atoms with Crippen LogP contribution in [0.15, 0.2) is 30.5 Å². The third kappa shape index (κ3) is 7.39. The number of ether oxygens (including phenoxy) is 2. The maximum absolute atomic E-state index is 12.3. The fourth-order valence-electron chi connectivity index (χ4n) is 4.85. The van der Waals surface area contributed by atoms with Crippen LogP contribution >= 0.6 is 0 Å². The van der Waals surface area contributed by atoms with Crippen LogP contribution in [0.25, 0.3) is 10.9 Å². The number of fused-ring (bicyclic) bond motifs is 1. The normalized spacial score (nSPS) is 18.2. The van der Waals surface area contributed by atoms with E-state index in [1.165, 1.54) is 25.7 Å². The Morgan fingerprint density at radius 1 is 1.18 bits per heavy atom. The maximum atomic E-state index is 12.3. The van der Waals surface area contributed by atoms with Crippen molar-refractivity contribution in [3.63, 3.8) is 0 Å². The first-order valence-electron chi connectivity index (χ1n) is 12.8. The highest BCUT2D eigenvalue weighted by atomic mass is 16.5. The summed E-state index contributed by atoms with van der Waals surface area (Å²) in [7, 11) is 1.64. The standard InChI is InChI=1S/C27H41N3O4/c1-4-6-7-8-9-14-30-16-15-29(19-21(30)17-27(32)34-5-2)20-26(31)23-12-13-28-25-11-10-22(33-3)18-24(23)25/h10-13,18,21,26,31H,4-9,14-17,19-20H2,1-3H3/t21-,26?/m1/s1. The summed E-state index contributed by atoms with van der Waals surface area (Å²) in [6.07, 6.45) is 7.68. The first-order chi connectivity index (χ1) is 16.5. The number of rotatable bonds is 13. The number of benzene rings is 1. The fourth-order valence-corrected chi connectivity index (χ4v) is 4.85. The molecule has 0 aliphatic carbocycles. The molecule has 7 heteroatoms. The molecule has 0 saturated carbocycles. The van der Waals surface area contributed by atoms with Crippen LogP contribution in [-0.4, -0.2) is 78.3 Å². The van der Waals surface area contributed by atoms with Crippen molar-refractivity contribution in [2.75, 3.05) is 46.4 Å². The summed E-state index contributed by atoms with van der Waals surface area (Å²) in [6, 6.07) is 7.72. The predicted octanol–water partition coefficient (Wildman–Crippen LogP) is 4.19. The van der Waals surface area contributed by atoms with Gasteiger partial charge in [0, 0.05) is 43.8 Å². The monoisotopic (exact) mass is 471 g/mol. The number of aliphatic hydroxyl groups excluding tert-OH is 1. The number of methoxy groups -OCH3 is 1. The van der Waals surface area contributed by atoms with Crippen molar-refractivity contribution < 1.29 is 19.4 Å². The third-order valence-corrected chi connectivity index (χ3v) is 6.72. The number of nitrogens with zero attached hydrogens (tertiary/aromatic N) is 3. The highest BCUT2D eigenvalue weighted by molar-refractivity contribution is 5.83. The second-order valence-corrected chi connectivity index (χ2v) is 9.17. The van der Waals surface area contributed by atoms with Gasteiger partial charge in [0.05, 0.1) is 31.8 Å². The largest absolute Gasteiger partial charge is 0.497 e. The van der Waals surface area contributed by atoms with Crippen LogP contribution < -0.4 is 4.74 Å². The zero-order valence-electron chi connectivity index (χ0n) is 21.0. The summed E-state index contributed by atoms with van der Waals surface area (Å²) in [4.78, 5) is 21.4. The summed E-state index contributed by atoms with van der Waals surface area (Å²) in [6.45, 7) is 8.53. The van der Waals surface area contributed by atoms with Crippen LogP contribution in [-0.2, 0) is 9.53 Å². The van der Waals surface area contributed by atoms with Crippen molar-refractivity contribution in [1.82, 2.24) is 14.8 Å². The predicted molar refractivity (Wildman–Crippen MR) is 135 cm³/mol. The molecule has 0 bridgehead atoms. The van der Waals surface area contributed by atoms with Crippen molar-refractivity contribution in [3.8, 4) is 5.75 Å². The lowest BCUT2D eigenvalue weighted by Gasteiger charge is -2.42. The van der Waals surface area contributed by atoms with Gasteiger partial charge in [0.2, 0.25) is 0 Å². The molecule has 1 saturated heterocycles. The van der Waals surface area contributed by atoms with Gasteiger partial charge in [-0.15, -0.1) is 0 Å². The van der Waals surface area contributed by atoms with E-state index in [9.17, 15) is 9.90 Å². The minimum absolute atomic E-state index is 0.112. The van der Waals surface area contributed by atoms with E-state index in [4.69, 9.17) is 9.47 Å². The maximum Gasteiger partial charge on any atom is 0.307 e. The summed E-state index contributed by atoms with van der Waals surface area (Å²) in [5.41, 5.74) is 1.69. The quantitative estimate of drug-likeness (QED) is 0.347. The molecule has 2 aromatic rings.